The second kappa shape index (κ2) is 6.59. The summed E-state index contributed by atoms with van der Waals surface area (Å²) < 4.78 is 12.4. The summed E-state index contributed by atoms with van der Waals surface area (Å²) in [5.41, 5.74) is 5.74. The summed E-state index contributed by atoms with van der Waals surface area (Å²) >= 11 is 0. The van der Waals surface area contributed by atoms with Crippen LogP contribution < -0.4 is 0 Å². The fourth-order valence-electron chi connectivity index (χ4n) is 3.92. The highest BCUT2D eigenvalue weighted by molar-refractivity contribution is 6.14. The molecule has 0 aliphatic carbocycles. The quantitative estimate of drug-likeness (QED) is 0.354. The highest BCUT2D eigenvalue weighted by Crippen LogP contribution is 2.40. The second-order valence-corrected chi connectivity index (χ2v) is 6.56. The molecule has 0 spiro atoms. The van der Waals surface area contributed by atoms with Gasteiger partial charge in [0.05, 0.1) is 0 Å². The van der Waals surface area contributed by atoms with Crippen molar-refractivity contribution in [3.8, 4) is 11.1 Å². The maximum atomic E-state index is 6.50. The van der Waals surface area contributed by atoms with E-state index in [1.54, 1.807) is 0 Å². The normalized spacial score (nSPS) is 11.2. The summed E-state index contributed by atoms with van der Waals surface area (Å²) in [6, 6.07) is 28.9. The van der Waals surface area contributed by atoms with Gasteiger partial charge in [0.25, 0.3) is 8.05 Å². The van der Waals surface area contributed by atoms with Gasteiger partial charge in [0, 0.05) is 32.7 Å². The van der Waals surface area contributed by atoms with Gasteiger partial charge in [-0.05, 0) is 12.1 Å². The van der Waals surface area contributed by atoms with E-state index in [9.17, 15) is 0 Å². The number of benzene rings is 4. The van der Waals surface area contributed by atoms with Gasteiger partial charge < -0.3 is 13.9 Å². The van der Waals surface area contributed by atoms with Crippen LogP contribution in [0.3, 0.4) is 0 Å². The lowest BCUT2D eigenvalue weighted by Crippen LogP contribution is -1.80. The molecular formula is C24H15BO3. The molecule has 4 heteroatoms. The molecule has 0 saturated carbocycles. The summed E-state index contributed by atoms with van der Waals surface area (Å²) in [6.07, 6.45) is 0. The minimum Gasteiger partial charge on any atom is -0.461 e. The molecule has 0 unspecified atom stereocenters. The van der Waals surface area contributed by atoms with Crippen molar-refractivity contribution >= 4 is 51.9 Å². The predicted octanol–water partition coefficient (Wildman–Crippen LogP) is 6.21. The highest BCUT2D eigenvalue weighted by Gasteiger charge is 2.16. The molecule has 0 aliphatic heterocycles. The number of hydrogen-bond donors (Lipinski definition) is 1. The van der Waals surface area contributed by atoms with Crippen molar-refractivity contribution in [2.45, 2.75) is 0 Å². The third-order valence-corrected chi connectivity index (χ3v) is 5.10. The standard InChI is InChI=1S/C24H14O2.BHO/c1-3-13-21-15(7-1)17-9-5-11-19(23(17)25-21)20-12-6-10-18-16-8-2-4-14-22(16)26-24(18)20;1-2/h1-14H;2H. The third-order valence-electron chi connectivity index (χ3n) is 5.10. The summed E-state index contributed by atoms with van der Waals surface area (Å²) in [7, 11) is 3.50. The molecule has 1 N–H and O–H groups in total. The van der Waals surface area contributed by atoms with Crippen LogP contribution in [0.2, 0.25) is 0 Å². The van der Waals surface area contributed by atoms with Crippen LogP contribution in [-0.4, -0.2) is 13.1 Å². The summed E-state index contributed by atoms with van der Waals surface area (Å²) in [6.45, 7) is 0. The lowest BCUT2D eigenvalue weighted by molar-refractivity contribution is 0.629. The van der Waals surface area contributed by atoms with Crippen LogP contribution in [0.5, 0.6) is 0 Å². The van der Waals surface area contributed by atoms with Gasteiger partial charge in [-0.2, -0.15) is 0 Å². The van der Waals surface area contributed by atoms with E-state index in [1.165, 1.54) is 0 Å². The first-order valence-corrected chi connectivity index (χ1v) is 8.97. The predicted molar refractivity (Wildman–Crippen MR) is 114 cm³/mol. The van der Waals surface area contributed by atoms with Crippen molar-refractivity contribution in [2.75, 3.05) is 0 Å². The van der Waals surface area contributed by atoms with Gasteiger partial charge in [-0.1, -0.05) is 72.8 Å². The molecule has 28 heavy (non-hydrogen) atoms. The van der Waals surface area contributed by atoms with Crippen molar-refractivity contribution in [1.82, 2.24) is 0 Å². The fraction of sp³-hybridized carbons (Fsp3) is 0. The Hall–Kier alpha value is -3.50. The number of rotatable bonds is 1. The van der Waals surface area contributed by atoms with Gasteiger partial charge in [0.1, 0.15) is 22.3 Å². The zero-order valence-corrected chi connectivity index (χ0v) is 14.9. The molecule has 4 aromatic carbocycles. The van der Waals surface area contributed by atoms with Gasteiger partial charge in [-0.25, -0.2) is 0 Å². The van der Waals surface area contributed by atoms with Crippen LogP contribution in [0.15, 0.2) is 93.8 Å². The van der Waals surface area contributed by atoms with Crippen LogP contribution in [0, 0.1) is 0 Å². The molecule has 0 bridgehead atoms. The Morgan fingerprint density at radius 2 is 0.857 bits per heavy atom. The van der Waals surface area contributed by atoms with Crippen LogP contribution >= 0.6 is 0 Å². The average Bonchev–Trinajstić information content (AvgIpc) is 3.33. The largest absolute Gasteiger partial charge is 0.461 e. The minimum absolute atomic E-state index is 0.904. The minimum atomic E-state index is 0.904. The molecular weight excluding hydrogens is 347 g/mol. The van der Waals surface area contributed by atoms with Crippen LogP contribution in [-0.2, 0) is 0 Å². The lowest BCUT2D eigenvalue weighted by atomic mass is 10.00. The maximum absolute atomic E-state index is 6.50. The van der Waals surface area contributed by atoms with E-state index >= 15 is 0 Å². The fourth-order valence-corrected chi connectivity index (χ4v) is 3.92. The van der Waals surface area contributed by atoms with Crippen LogP contribution in [0.1, 0.15) is 0 Å². The Morgan fingerprint density at radius 1 is 0.464 bits per heavy atom. The van der Waals surface area contributed by atoms with Crippen LogP contribution in [0.4, 0.5) is 0 Å². The Kier molecular flexibility index (Phi) is 3.92. The molecule has 6 aromatic rings. The van der Waals surface area contributed by atoms with E-state index in [2.05, 4.69) is 56.6 Å². The Balaban J connectivity index is 0.000000829. The van der Waals surface area contributed by atoms with E-state index < -0.39 is 0 Å². The summed E-state index contributed by atoms with van der Waals surface area (Å²) in [5.74, 6) is 0. The third kappa shape index (κ3) is 2.35. The Labute approximate surface area is 162 Å². The van der Waals surface area contributed by atoms with E-state index in [1.807, 2.05) is 36.4 Å². The molecule has 6 rings (SSSR count). The van der Waals surface area contributed by atoms with E-state index in [0.29, 0.717) is 0 Å². The summed E-state index contributed by atoms with van der Waals surface area (Å²) in [4.78, 5) is 0. The average molecular weight is 362 g/mol. The number of fused-ring (bicyclic) bond motifs is 6. The van der Waals surface area contributed by atoms with Gasteiger partial charge in [-0.15, -0.1) is 0 Å². The maximum Gasteiger partial charge on any atom is 0.277 e. The van der Waals surface area contributed by atoms with Crippen molar-refractivity contribution in [3.63, 3.8) is 0 Å². The van der Waals surface area contributed by atoms with Gasteiger partial charge in [0.15, 0.2) is 0 Å². The number of para-hydroxylation sites is 4. The molecule has 2 radical (unpaired) electrons. The molecule has 2 heterocycles. The number of furan rings is 2. The first-order chi connectivity index (χ1) is 13.9. The lowest BCUT2D eigenvalue weighted by Gasteiger charge is -2.03. The van der Waals surface area contributed by atoms with Gasteiger partial charge in [0.2, 0.25) is 0 Å². The molecule has 3 nitrogen and oxygen atoms in total. The molecule has 0 atom stereocenters. The molecule has 0 aliphatic rings. The van der Waals surface area contributed by atoms with Crippen LogP contribution in [0.25, 0.3) is 55.0 Å². The second-order valence-electron chi connectivity index (χ2n) is 6.56. The van der Waals surface area contributed by atoms with Crippen molar-refractivity contribution in [3.05, 3.63) is 84.9 Å². The first kappa shape index (κ1) is 16.7. The van der Waals surface area contributed by atoms with Crippen molar-refractivity contribution < 1.29 is 13.9 Å². The zero-order chi connectivity index (χ0) is 19.1. The monoisotopic (exact) mass is 362 g/mol. The topological polar surface area (TPSA) is 46.5 Å². The van der Waals surface area contributed by atoms with E-state index in [-0.39, 0.29) is 0 Å². The number of hydrogen-bond acceptors (Lipinski definition) is 3. The van der Waals surface area contributed by atoms with E-state index in [0.717, 1.165) is 55.0 Å². The van der Waals surface area contributed by atoms with Gasteiger partial charge >= 0.3 is 0 Å². The highest BCUT2D eigenvalue weighted by atomic mass is 16.3. The Morgan fingerprint density at radius 3 is 1.32 bits per heavy atom. The summed E-state index contributed by atoms with van der Waals surface area (Å²) in [5, 5.41) is 11.0. The smallest absolute Gasteiger partial charge is 0.277 e. The Bertz CT molecular complexity index is 1330. The van der Waals surface area contributed by atoms with Crippen molar-refractivity contribution in [1.29, 1.82) is 0 Å². The molecule has 0 saturated heterocycles. The zero-order valence-electron chi connectivity index (χ0n) is 14.9. The molecule has 0 amide bonds. The molecule has 0 fully saturated rings. The van der Waals surface area contributed by atoms with Crippen molar-refractivity contribution in [2.24, 2.45) is 0 Å². The molecule has 132 valence electrons. The van der Waals surface area contributed by atoms with Gasteiger partial charge in [-0.3, -0.25) is 0 Å². The van der Waals surface area contributed by atoms with E-state index in [4.69, 9.17) is 13.9 Å². The SMILES string of the molecule is [B]O.c1ccc2c(c1)oc1c(-c3cccc4c3oc3ccccc34)cccc12. The molecule has 2 aromatic heterocycles. The first-order valence-electron chi connectivity index (χ1n) is 8.97.